The van der Waals surface area contributed by atoms with Gasteiger partial charge in [0, 0.05) is 13.1 Å². The third-order valence-electron chi connectivity index (χ3n) is 4.23. The van der Waals surface area contributed by atoms with Crippen LogP contribution in [0.15, 0.2) is 0 Å². The number of morpholine rings is 1. The molecular weight excluding hydrogens is 218 g/mol. The molecule has 0 amide bonds. The molecule has 1 atom stereocenters. The summed E-state index contributed by atoms with van der Waals surface area (Å²) >= 11 is 0. The number of hydrogen-bond donors (Lipinski definition) is 1. The van der Waals surface area contributed by atoms with Crippen LogP contribution in [0.1, 0.15) is 39.5 Å². The lowest BCUT2D eigenvalue weighted by atomic mass is 9.67. The predicted octanol–water partition coefficient (Wildman–Crippen LogP) is 1.74. The highest BCUT2D eigenvalue weighted by Crippen LogP contribution is 2.44. The number of rotatable bonds is 2. The van der Waals surface area contributed by atoms with Crippen LogP contribution in [0.4, 0.5) is 0 Å². The van der Waals surface area contributed by atoms with Gasteiger partial charge in [-0.15, -0.1) is 0 Å². The zero-order valence-corrected chi connectivity index (χ0v) is 10.9. The highest BCUT2D eigenvalue weighted by atomic mass is 16.5. The fraction of sp³-hybridized carbons (Fsp3) is 0.923. The van der Waals surface area contributed by atoms with Crippen molar-refractivity contribution in [1.29, 1.82) is 0 Å². The lowest BCUT2D eigenvalue weighted by Crippen LogP contribution is -2.61. The van der Waals surface area contributed by atoms with Gasteiger partial charge in [-0.1, -0.05) is 20.3 Å². The van der Waals surface area contributed by atoms with Crippen molar-refractivity contribution >= 4 is 5.97 Å². The molecule has 4 heteroatoms. The van der Waals surface area contributed by atoms with Crippen molar-refractivity contribution in [2.45, 2.75) is 45.1 Å². The zero-order chi connectivity index (χ0) is 12.5. The van der Waals surface area contributed by atoms with Gasteiger partial charge in [0.15, 0.2) is 0 Å². The van der Waals surface area contributed by atoms with Gasteiger partial charge in [0.2, 0.25) is 0 Å². The van der Waals surface area contributed by atoms with E-state index < -0.39 is 11.5 Å². The van der Waals surface area contributed by atoms with E-state index in [0.29, 0.717) is 13.2 Å². The highest BCUT2D eigenvalue weighted by molar-refractivity contribution is 5.79. The van der Waals surface area contributed by atoms with Crippen molar-refractivity contribution < 1.29 is 14.6 Å². The molecule has 1 aliphatic heterocycles. The van der Waals surface area contributed by atoms with Gasteiger partial charge < -0.3 is 9.84 Å². The second kappa shape index (κ2) is 4.58. The number of carboxylic acid groups (broad SMARTS) is 1. The van der Waals surface area contributed by atoms with E-state index in [1.54, 1.807) is 0 Å². The van der Waals surface area contributed by atoms with Crippen molar-refractivity contribution in [2.24, 2.45) is 5.41 Å². The normalized spacial score (nSPS) is 34.5. The Morgan fingerprint density at radius 3 is 2.41 bits per heavy atom. The zero-order valence-electron chi connectivity index (χ0n) is 10.9. The summed E-state index contributed by atoms with van der Waals surface area (Å²) in [7, 11) is 0. The summed E-state index contributed by atoms with van der Waals surface area (Å²) in [6, 6.07) is 0. The Bertz CT molecular complexity index is 297. The second-order valence-electron chi connectivity index (χ2n) is 6.13. The second-order valence-corrected chi connectivity index (χ2v) is 6.13. The summed E-state index contributed by atoms with van der Waals surface area (Å²) in [5, 5.41) is 9.69. The van der Waals surface area contributed by atoms with Crippen LogP contribution in [0, 0.1) is 5.41 Å². The molecule has 2 fully saturated rings. The molecule has 1 unspecified atom stereocenters. The van der Waals surface area contributed by atoms with E-state index in [0.717, 1.165) is 38.8 Å². The molecule has 1 saturated heterocycles. The third-order valence-corrected chi connectivity index (χ3v) is 4.23. The van der Waals surface area contributed by atoms with Gasteiger partial charge >= 0.3 is 5.97 Å². The molecule has 4 nitrogen and oxygen atoms in total. The minimum atomic E-state index is -0.647. The maximum Gasteiger partial charge on any atom is 0.324 e. The summed E-state index contributed by atoms with van der Waals surface area (Å²) < 4.78 is 5.33. The number of nitrogens with zero attached hydrogens (tertiary/aromatic N) is 1. The molecule has 0 aromatic rings. The first-order valence-electron chi connectivity index (χ1n) is 6.53. The Morgan fingerprint density at radius 2 is 1.88 bits per heavy atom. The molecule has 1 saturated carbocycles. The predicted molar refractivity (Wildman–Crippen MR) is 65.0 cm³/mol. The minimum Gasteiger partial charge on any atom is -0.480 e. The Kier molecular flexibility index (Phi) is 3.46. The Balaban J connectivity index is 2.22. The molecule has 0 radical (unpaired) electrons. The van der Waals surface area contributed by atoms with E-state index >= 15 is 0 Å². The first-order chi connectivity index (χ1) is 7.96. The van der Waals surface area contributed by atoms with E-state index in [1.807, 2.05) is 0 Å². The lowest BCUT2D eigenvalue weighted by Gasteiger charge is -2.49. The van der Waals surface area contributed by atoms with E-state index in [2.05, 4.69) is 18.7 Å². The standard InChI is InChI=1S/C13H23NO3/c1-12(2)4-3-5-13(10-12,11(15)16)14-6-8-17-9-7-14/h3-10H2,1-2H3,(H,15,16). The largest absolute Gasteiger partial charge is 0.480 e. The van der Waals surface area contributed by atoms with Crippen LogP contribution in [0.3, 0.4) is 0 Å². The summed E-state index contributed by atoms with van der Waals surface area (Å²) in [6.45, 7) is 7.20. The molecule has 0 aromatic carbocycles. The van der Waals surface area contributed by atoms with Gasteiger partial charge in [0.25, 0.3) is 0 Å². The summed E-state index contributed by atoms with van der Waals surface area (Å²) in [6.07, 6.45) is 3.68. The fourth-order valence-electron chi connectivity index (χ4n) is 3.41. The highest BCUT2D eigenvalue weighted by Gasteiger charge is 2.49. The quantitative estimate of drug-likeness (QED) is 0.800. The Hall–Kier alpha value is -0.610. The van der Waals surface area contributed by atoms with Crippen LogP contribution in [0.2, 0.25) is 0 Å². The van der Waals surface area contributed by atoms with Crippen LogP contribution >= 0.6 is 0 Å². The Morgan fingerprint density at radius 1 is 1.24 bits per heavy atom. The average Bonchev–Trinajstić information content (AvgIpc) is 2.28. The van der Waals surface area contributed by atoms with Gasteiger partial charge in [-0.3, -0.25) is 9.69 Å². The van der Waals surface area contributed by atoms with Crippen molar-refractivity contribution in [3.05, 3.63) is 0 Å². The minimum absolute atomic E-state index is 0.134. The monoisotopic (exact) mass is 241 g/mol. The summed E-state index contributed by atoms with van der Waals surface area (Å²) in [4.78, 5) is 13.9. The molecule has 0 bridgehead atoms. The molecular formula is C13H23NO3. The van der Waals surface area contributed by atoms with E-state index in [9.17, 15) is 9.90 Å². The van der Waals surface area contributed by atoms with Gasteiger partial charge in [-0.25, -0.2) is 0 Å². The SMILES string of the molecule is CC1(C)CCCC(C(=O)O)(N2CCOCC2)C1. The molecule has 98 valence electrons. The number of carboxylic acids is 1. The third kappa shape index (κ3) is 2.47. The van der Waals surface area contributed by atoms with Crippen molar-refractivity contribution in [2.75, 3.05) is 26.3 Å². The molecule has 2 aliphatic rings. The van der Waals surface area contributed by atoms with Crippen molar-refractivity contribution in [1.82, 2.24) is 4.90 Å². The molecule has 17 heavy (non-hydrogen) atoms. The number of ether oxygens (including phenoxy) is 1. The van der Waals surface area contributed by atoms with Crippen LogP contribution in [0.5, 0.6) is 0 Å². The molecule has 1 aliphatic carbocycles. The Labute approximate surface area is 103 Å². The molecule has 2 rings (SSSR count). The van der Waals surface area contributed by atoms with Crippen molar-refractivity contribution in [3.63, 3.8) is 0 Å². The van der Waals surface area contributed by atoms with Gasteiger partial charge in [0.05, 0.1) is 13.2 Å². The molecule has 0 spiro atoms. The smallest absolute Gasteiger partial charge is 0.324 e. The van der Waals surface area contributed by atoms with Crippen molar-refractivity contribution in [3.8, 4) is 0 Å². The summed E-state index contributed by atoms with van der Waals surface area (Å²) in [5.74, 6) is -0.646. The van der Waals surface area contributed by atoms with E-state index in [-0.39, 0.29) is 5.41 Å². The van der Waals surface area contributed by atoms with E-state index in [4.69, 9.17) is 4.74 Å². The van der Waals surface area contributed by atoms with E-state index in [1.165, 1.54) is 0 Å². The number of aliphatic carboxylic acids is 1. The first kappa shape index (κ1) is 12.8. The molecule has 0 aromatic heterocycles. The number of carbonyl (C=O) groups is 1. The van der Waals surface area contributed by atoms with Crippen LogP contribution < -0.4 is 0 Å². The molecule has 1 N–H and O–H groups in total. The van der Waals surface area contributed by atoms with Gasteiger partial charge in [-0.2, -0.15) is 0 Å². The number of hydrogen-bond acceptors (Lipinski definition) is 3. The fourth-order valence-corrected chi connectivity index (χ4v) is 3.41. The van der Waals surface area contributed by atoms with Crippen LogP contribution in [-0.4, -0.2) is 47.8 Å². The topological polar surface area (TPSA) is 49.8 Å². The average molecular weight is 241 g/mol. The van der Waals surface area contributed by atoms with Crippen LogP contribution in [0.25, 0.3) is 0 Å². The lowest BCUT2D eigenvalue weighted by molar-refractivity contribution is -0.161. The maximum atomic E-state index is 11.8. The van der Waals surface area contributed by atoms with Gasteiger partial charge in [-0.05, 0) is 24.7 Å². The van der Waals surface area contributed by atoms with Gasteiger partial charge in [0.1, 0.15) is 5.54 Å². The maximum absolute atomic E-state index is 11.8. The first-order valence-corrected chi connectivity index (χ1v) is 6.53. The molecule has 1 heterocycles. The summed E-state index contributed by atoms with van der Waals surface area (Å²) in [5.41, 5.74) is -0.513. The van der Waals surface area contributed by atoms with Crippen LogP contribution in [-0.2, 0) is 9.53 Å².